The van der Waals surface area contributed by atoms with Crippen LogP contribution in [0.25, 0.3) is 0 Å². The van der Waals surface area contributed by atoms with Crippen molar-refractivity contribution in [3.63, 3.8) is 0 Å². The van der Waals surface area contributed by atoms with Crippen LogP contribution in [0.5, 0.6) is 0 Å². The lowest BCUT2D eigenvalue weighted by Gasteiger charge is -2.23. The highest BCUT2D eigenvalue weighted by molar-refractivity contribution is 7.98. The van der Waals surface area contributed by atoms with E-state index >= 15 is 0 Å². The highest BCUT2D eigenvalue weighted by Gasteiger charge is 2.30. The topological polar surface area (TPSA) is 188 Å². The Morgan fingerprint density at radius 2 is 1.50 bits per heavy atom. The van der Waals surface area contributed by atoms with Gasteiger partial charge in [-0.1, -0.05) is 30.3 Å². The lowest BCUT2D eigenvalue weighted by Crippen LogP contribution is -2.58. The summed E-state index contributed by atoms with van der Waals surface area (Å²) in [4.78, 5) is 60.3. The van der Waals surface area contributed by atoms with Crippen LogP contribution in [0.15, 0.2) is 30.3 Å². The van der Waals surface area contributed by atoms with Crippen LogP contribution in [0.3, 0.4) is 0 Å². The Labute approximate surface area is 207 Å². The molecule has 0 aliphatic carbocycles. The lowest BCUT2D eigenvalue weighted by atomic mass is 10.1. The predicted octanol–water partition coefficient (Wildman–Crippen LogP) is -0.747. The van der Waals surface area contributed by atoms with Gasteiger partial charge in [-0.3, -0.25) is 19.2 Å². The van der Waals surface area contributed by atoms with Crippen molar-refractivity contribution in [3.8, 4) is 0 Å². The molecule has 4 atom stereocenters. The highest BCUT2D eigenvalue weighted by atomic mass is 32.2. The van der Waals surface area contributed by atoms with Gasteiger partial charge in [-0.25, -0.2) is 4.79 Å². The zero-order valence-electron chi connectivity index (χ0n) is 18.6. The number of thiol groups is 1. The molecular formula is C21H30N4O7S2. The molecule has 4 unspecified atom stereocenters. The number of carboxylic acids is 2. The Hall–Kier alpha value is -2.77. The number of hydrogen-bond acceptors (Lipinski definition) is 8. The van der Waals surface area contributed by atoms with Gasteiger partial charge >= 0.3 is 11.9 Å². The number of hydrogen-bond donors (Lipinski definition) is 7. The number of rotatable bonds is 15. The number of aliphatic carboxylic acids is 2. The number of nitrogens with two attached hydrogens (primary N) is 1. The van der Waals surface area contributed by atoms with Gasteiger partial charge in [-0.15, -0.1) is 0 Å². The fourth-order valence-corrected chi connectivity index (χ4v) is 3.58. The first-order valence-corrected chi connectivity index (χ1v) is 12.4. The van der Waals surface area contributed by atoms with E-state index in [1.165, 1.54) is 11.8 Å². The van der Waals surface area contributed by atoms with E-state index in [2.05, 4.69) is 28.6 Å². The quantitative estimate of drug-likeness (QED) is 0.148. The van der Waals surface area contributed by atoms with Crippen molar-refractivity contribution >= 4 is 54.1 Å². The van der Waals surface area contributed by atoms with Crippen LogP contribution in [0.4, 0.5) is 0 Å². The van der Waals surface area contributed by atoms with E-state index in [0.717, 1.165) is 5.56 Å². The van der Waals surface area contributed by atoms with E-state index in [4.69, 9.17) is 10.8 Å². The zero-order chi connectivity index (χ0) is 25.7. The Kier molecular flexibility index (Phi) is 13.1. The molecule has 188 valence electrons. The second-order valence-electron chi connectivity index (χ2n) is 7.38. The Morgan fingerprint density at radius 1 is 0.941 bits per heavy atom. The average Bonchev–Trinajstić information content (AvgIpc) is 2.79. The van der Waals surface area contributed by atoms with Crippen LogP contribution in [0, 0.1) is 0 Å². The van der Waals surface area contributed by atoms with Crippen LogP contribution in [-0.2, 0) is 30.4 Å². The van der Waals surface area contributed by atoms with E-state index in [0.29, 0.717) is 5.75 Å². The first-order valence-electron chi connectivity index (χ1n) is 10.3. The van der Waals surface area contributed by atoms with Gasteiger partial charge in [-0.2, -0.15) is 24.4 Å². The van der Waals surface area contributed by atoms with Gasteiger partial charge in [0.25, 0.3) is 0 Å². The van der Waals surface area contributed by atoms with Gasteiger partial charge in [0.15, 0.2) is 0 Å². The Balaban J connectivity index is 2.83. The minimum atomic E-state index is -1.51. The number of nitrogens with one attached hydrogen (secondary N) is 3. The van der Waals surface area contributed by atoms with Crippen molar-refractivity contribution in [2.75, 3.05) is 17.8 Å². The minimum Gasteiger partial charge on any atom is -0.481 e. The molecule has 0 spiro atoms. The fraction of sp³-hybridized carbons (Fsp3) is 0.476. The van der Waals surface area contributed by atoms with Crippen molar-refractivity contribution < 1.29 is 34.2 Å². The number of carbonyl (C=O) groups is 5. The van der Waals surface area contributed by atoms with Crippen molar-refractivity contribution in [2.45, 2.75) is 43.4 Å². The van der Waals surface area contributed by atoms with E-state index in [1.807, 2.05) is 0 Å². The lowest BCUT2D eigenvalue weighted by molar-refractivity contribution is -0.143. The van der Waals surface area contributed by atoms with Gasteiger partial charge in [0.05, 0.1) is 12.5 Å². The number of thioether (sulfide) groups is 1. The molecule has 0 bridgehead atoms. The van der Waals surface area contributed by atoms with Crippen molar-refractivity contribution in [1.82, 2.24) is 16.0 Å². The van der Waals surface area contributed by atoms with Gasteiger partial charge in [0, 0.05) is 5.75 Å². The number of benzene rings is 1. The molecule has 1 aromatic carbocycles. The van der Waals surface area contributed by atoms with Gasteiger partial charge in [0.2, 0.25) is 17.7 Å². The monoisotopic (exact) mass is 514 g/mol. The maximum absolute atomic E-state index is 12.7. The largest absolute Gasteiger partial charge is 0.481 e. The van der Waals surface area contributed by atoms with Crippen LogP contribution in [0.2, 0.25) is 0 Å². The van der Waals surface area contributed by atoms with Gasteiger partial charge in [0.1, 0.15) is 18.1 Å². The third-order valence-electron chi connectivity index (χ3n) is 4.69. The molecular weight excluding hydrogens is 484 g/mol. The summed E-state index contributed by atoms with van der Waals surface area (Å²) in [6, 6.07) is 3.94. The van der Waals surface area contributed by atoms with Crippen molar-refractivity contribution in [1.29, 1.82) is 0 Å². The molecule has 0 radical (unpaired) electrons. The molecule has 0 saturated carbocycles. The summed E-state index contributed by atoms with van der Waals surface area (Å²) in [5.74, 6) is -4.74. The summed E-state index contributed by atoms with van der Waals surface area (Å²) in [6.45, 7) is 0. The SMILES string of the molecule is CSCCC(NC(=O)C(CS)NC(=O)C(CC(=O)O)NC(=O)C(N)Cc1ccccc1)C(=O)O. The van der Waals surface area contributed by atoms with Gasteiger partial charge in [-0.05, 0) is 30.4 Å². The maximum Gasteiger partial charge on any atom is 0.326 e. The molecule has 0 aliphatic heterocycles. The Bertz CT molecular complexity index is 857. The molecule has 0 heterocycles. The number of amides is 3. The molecule has 34 heavy (non-hydrogen) atoms. The standard InChI is InChI=1S/C21H30N4O7S2/c1-34-8-7-14(21(31)32)23-20(30)16(11-33)25-19(29)15(10-17(26)27)24-18(28)13(22)9-12-5-3-2-4-6-12/h2-6,13-16,33H,7-11,22H2,1H3,(H,23,30)(H,24,28)(H,25,29)(H,26,27)(H,31,32). The molecule has 13 heteroatoms. The molecule has 0 aliphatic rings. The fourth-order valence-electron chi connectivity index (χ4n) is 2.86. The first-order chi connectivity index (χ1) is 16.1. The summed E-state index contributed by atoms with van der Waals surface area (Å²) in [6.07, 6.45) is 1.39. The third-order valence-corrected chi connectivity index (χ3v) is 5.70. The van der Waals surface area contributed by atoms with Crippen molar-refractivity contribution in [3.05, 3.63) is 35.9 Å². The van der Waals surface area contributed by atoms with Gasteiger partial charge < -0.3 is 31.9 Å². The summed E-state index contributed by atoms with van der Waals surface area (Å²) in [5.41, 5.74) is 6.69. The normalized spacial score (nSPS) is 14.2. The summed E-state index contributed by atoms with van der Waals surface area (Å²) < 4.78 is 0. The smallest absolute Gasteiger partial charge is 0.326 e. The summed E-state index contributed by atoms with van der Waals surface area (Å²) in [7, 11) is 0. The molecule has 0 aromatic heterocycles. The number of carbonyl (C=O) groups excluding carboxylic acids is 3. The molecule has 7 N–H and O–H groups in total. The zero-order valence-corrected chi connectivity index (χ0v) is 20.3. The van der Waals surface area contributed by atoms with E-state index < -0.39 is 60.2 Å². The van der Waals surface area contributed by atoms with E-state index in [1.54, 1.807) is 36.6 Å². The van der Waals surface area contributed by atoms with Crippen LogP contribution in [-0.4, -0.2) is 81.8 Å². The van der Waals surface area contributed by atoms with Crippen LogP contribution in [0.1, 0.15) is 18.4 Å². The summed E-state index contributed by atoms with van der Waals surface area (Å²) >= 11 is 5.43. The molecule has 11 nitrogen and oxygen atoms in total. The second kappa shape index (κ2) is 15.2. The molecule has 1 rings (SSSR count). The molecule has 3 amide bonds. The van der Waals surface area contributed by atoms with Crippen molar-refractivity contribution in [2.24, 2.45) is 5.73 Å². The third kappa shape index (κ3) is 10.4. The first kappa shape index (κ1) is 29.3. The van der Waals surface area contributed by atoms with Crippen LogP contribution < -0.4 is 21.7 Å². The minimum absolute atomic E-state index is 0.169. The molecule has 0 fully saturated rings. The maximum atomic E-state index is 12.7. The molecule has 0 saturated heterocycles. The highest BCUT2D eigenvalue weighted by Crippen LogP contribution is 2.05. The Morgan fingerprint density at radius 3 is 2.03 bits per heavy atom. The van der Waals surface area contributed by atoms with E-state index in [-0.39, 0.29) is 18.6 Å². The van der Waals surface area contributed by atoms with E-state index in [9.17, 15) is 29.1 Å². The predicted molar refractivity (Wildman–Crippen MR) is 131 cm³/mol. The average molecular weight is 515 g/mol. The summed E-state index contributed by atoms with van der Waals surface area (Å²) in [5, 5.41) is 25.4. The second-order valence-corrected chi connectivity index (χ2v) is 8.73. The van der Waals surface area contributed by atoms with Crippen LogP contribution >= 0.6 is 24.4 Å². The number of carboxylic acid groups (broad SMARTS) is 2. The molecule has 1 aromatic rings.